The summed E-state index contributed by atoms with van der Waals surface area (Å²) in [5.41, 5.74) is 1.06. The lowest BCUT2D eigenvalue weighted by molar-refractivity contribution is -0.136. The van der Waals surface area contributed by atoms with E-state index in [2.05, 4.69) is 4.98 Å². The quantitative estimate of drug-likeness (QED) is 0.822. The molecule has 0 aliphatic carbocycles. The number of rotatable bonds is 5. The summed E-state index contributed by atoms with van der Waals surface area (Å²) in [4.78, 5) is 17.6. The summed E-state index contributed by atoms with van der Waals surface area (Å²) in [5, 5.41) is 0. The summed E-state index contributed by atoms with van der Waals surface area (Å²) in [6.45, 7) is 4.47. The molecule has 1 aliphatic rings. The lowest BCUT2D eigenvalue weighted by Gasteiger charge is -2.31. The highest BCUT2D eigenvalue weighted by Gasteiger charge is 2.23. The van der Waals surface area contributed by atoms with E-state index in [1.54, 1.807) is 19.5 Å². The molecule has 0 spiro atoms. The smallest absolute Gasteiger partial charge is 0.248 e. The van der Waals surface area contributed by atoms with Crippen LogP contribution in [-0.4, -0.2) is 49.2 Å². The van der Waals surface area contributed by atoms with E-state index < -0.39 is 0 Å². The molecule has 0 unspecified atom stereocenters. The fourth-order valence-electron chi connectivity index (χ4n) is 2.39. The Kier molecular flexibility index (Phi) is 5.35. The molecule has 0 atom stereocenters. The summed E-state index contributed by atoms with van der Waals surface area (Å²) in [7, 11) is 1.55. The minimum Gasteiger partial charge on any atom is -0.493 e. The highest BCUT2D eigenvalue weighted by Crippen LogP contribution is 2.21. The number of likely N-dealkylation sites (tertiary alicyclic amines) is 1. The number of piperidine rings is 1. The Balaban J connectivity index is 1.75. The Morgan fingerprint density at radius 3 is 2.85 bits per heavy atom. The van der Waals surface area contributed by atoms with Crippen molar-refractivity contribution < 1.29 is 14.3 Å². The molecule has 0 bridgehead atoms. The predicted octanol–water partition coefficient (Wildman–Crippen LogP) is 1.65. The third-order valence-electron chi connectivity index (χ3n) is 3.68. The van der Waals surface area contributed by atoms with Gasteiger partial charge in [-0.15, -0.1) is 0 Å². The zero-order valence-electron chi connectivity index (χ0n) is 12.2. The second kappa shape index (κ2) is 7.24. The molecule has 20 heavy (non-hydrogen) atoms. The molecule has 2 heterocycles. The maximum absolute atomic E-state index is 11.7. The predicted molar refractivity (Wildman–Crippen MR) is 75.6 cm³/mol. The van der Waals surface area contributed by atoms with Gasteiger partial charge in [-0.25, -0.2) is 0 Å². The standard InChI is InChI=1S/C15H22N2O3/c1-12-9-16-6-3-14(12)20-10-13-4-7-17(8-5-13)15(18)11-19-2/h3,6,9,13H,4-5,7-8,10-11H2,1-2H3. The first-order chi connectivity index (χ1) is 9.70. The lowest BCUT2D eigenvalue weighted by Crippen LogP contribution is -2.41. The van der Waals surface area contributed by atoms with Crippen LogP contribution >= 0.6 is 0 Å². The van der Waals surface area contributed by atoms with Crippen molar-refractivity contribution in [1.82, 2.24) is 9.88 Å². The Morgan fingerprint density at radius 2 is 2.20 bits per heavy atom. The van der Waals surface area contributed by atoms with Crippen LogP contribution in [0.15, 0.2) is 18.5 Å². The maximum atomic E-state index is 11.7. The molecule has 2 rings (SSSR count). The molecule has 5 nitrogen and oxygen atoms in total. The summed E-state index contributed by atoms with van der Waals surface area (Å²) in [5.74, 6) is 1.49. The van der Waals surface area contributed by atoms with Gasteiger partial charge in [-0.3, -0.25) is 9.78 Å². The monoisotopic (exact) mass is 278 g/mol. The molecule has 0 aromatic carbocycles. The molecular formula is C15H22N2O3. The van der Waals surface area contributed by atoms with Gasteiger partial charge in [0.2, 0.25) is 5.91 Å². The molecule has 1 aliphatic heterocycles. The van der Waals surface area contributed by atoms with E-state index in [9.17, 15) is 4.79 Å². The number of hydrogen-bond donors (Lipinski definition) is 0. The number of carbonyl (C=O) groups excluding carboxylic acids is 1. The number of hydrogen-bond acceptors (Lipinski definition) is 4. The van der Waals surface area contributed by atoms with Gasteiger partial charge in [-0.2, -0.15) is 0 Å². The average molecular weight is 278 g/mol. The Bertz CT molecular complexity index is 442. The van der Waals surface area contributed by atoms with Crippen LogP contribution in [0.1, 0.15) is 18.4 Å². The van der Waals surface area contributed by atoms with E-state index >= 15 is 0 Å². The molecule has 0 saturated carbocycles. The Hall–Kier alpha value is -1.62. The molecule has 0 radical (unpaired) electrons. The van der Waals surface area contributed by atoms with Crippen molar-refractivity contribution >= 4 is 5.91 Å². The van der Waals surface area contributed by atoms with Gasteiger partial charge in [0.25, 0.3) is 0 Å². The number of carbonyl (C=O) groups is 1. The van der Waals surface area contributed by atoms with Gasteiger partial charge < -0.3 is 14.4 Å². The van der Waals surface area contributed by atoms with Gasteiger partial charge in [0, 0.05) is 38.2 Å². The fraction of sp³-hybridized carbons (Fsp3) is 0.600. The van der Waals surface area contributed by atoms with Gasteiger partial charge in [0.15, 0.2) is 0 Å². The van der Waals surface area contributed by atoms with E-state index in [1.807, 2.05) is 17.9 Å². The molecule has 5 heteroatoms. The summed E-state index contributed by atoms with van der Waals surface area (Å²) < 4.78 is 10.7. The first kappa shape index (κ1) is 14.8. The zero-order chi connectivity index (χ0) is 14.4. The molecule has 1 saturated heterocycles. The van der Waals surface area contributed by atoms with Gasteiger partial charge >= 0.3 is 0 Å². The van der Waals surface area contributed by atoms with Crippen LogP contribution in [0, 0.1) is 12.8 Å². The largest absolute Gasteiger partial charge is 0.493 e. The van der Waals surface area contributed by atoms with Crippen molar-refractivity contribution in [3.8, 4) is 5.75 Å². The number of methoxy groups -OCH3 is 1. The van der Waals surface area contributed by atoms with Gasteiger partial charge in [0.1, 0.15) is 12.4 Å². The highest BCUT2D eigenvalue weighted by atomic mass is 16.5. The van der Waals surface area contributed by atoms with Crippen molar-refractivity contribution in [1.29, 1.82) is 0 Å². The minimum atomic E-state index is 0.0804. The Labute approximate surface area is 119 Å². The number of aryl methyl sites for hydroxylation is 1. The molecule has 1 fully saturated rings. The number of ether oxygens (including phenoxy) is 2. The molecular weight excluding hydrogens is 256 g/mol. The molecule has 1 amide bonds. The second-order valence-corrected chi connectivity index (χ2v) is 5.21. The normalized spacial score (nSPS) is 16.2. The minimum absolute atomic E-state index is 0.0804. The first-order valence-electron chi connectivity index (χ1n) is 7.01. The van der Waals surface area contributed by atoms with Gasteiger partial charge in [0.05, 0.1) is 6.61 Å². The third-order valence-corrected chi connectivity index (χ3v) is 3.68. The van der Waals surface area contributed by atoms with Crippen molar-refractivity contribution in [2.45, 2.75) is 19.8 Å². The summed E-state index contributed by atoms with van der Waals surface area (Å²) >= 11 is 0. The van der Waals surface area contributed by atoms with Crippen molar-refractivity contribution in [3.05, 3.63) is 24.0 Å². The SMILES string of the molecule is COCC(=O)N1CCC(COc2ccncc2C)CC1. The number of aromatic nitrogens is 1. The zero-order valence-corrected chi connectivity index (χ0v) is 12.2. The van der Waals surface area contributed by atoms with Crippen LogP contribution in [0.4, 0.5) is 0 Å². The van der Waals surface area contributed by atoms with E-state index in [-0.39, 0.29) is 12.5 Å². The van der Waals surface area contributed by atoms with E-state index in [1.165, 1.54) is 0 Å². The summed E-state index contributed by atoms with van der Waals surface area (Å²) in [6, 6.07) is 1.90. The van der Waals surface area contributed by atoms with Crippen LogP contribution in [0.5, 0.6) is 5.75 Å². The van der Waals surface area contributed by atoms with Crippen LogP contribution < -0.4 is 4.74 Å². The number of pyridine rings is 1. The molecule has 1 aromatic heterocycles. The average Bonchev–Trinajstić information content (AvgIpc) is 2.47. The van der Waals surface area contributed by atoms with Crippen LogP contribution in [0.2, 0.25) is 0 Å². The third kappa shape index (κ3) is 3.93. The second-order valence-electron chi connectivity index (χ2n) is 5.21. The lowest BCUT2D eigenvalue weighted by atomic mass is 9.98. The van der Waals surface area contributed by atoms with E-state index in [4.69, 9.17) is 9.47 Å². The van der Waals surface area contributed by atoms with Crippen LogP contribution in [-0.2, 0) is 9.53 Å². The van der Waals surface area contributed by atoms with Gasteiger partial charge in [-0.1, -0.05) is 0 Å². The fourth-order valence-corrected chi connectivity index (χ4v) is 2.39. The molecule has 0 N–H and O–H groups in total. The topological polar surface area (TPSA) is 51.7 Å². The van der Waals surface area contributed by atoms with Crippen molar-refractivity contribution in [2.24, 2.45) is 5.92 Å². The molecule has 110 valence electrons. The first-order valence-corrected chi connectivity index (χ1v) is 7.01. The Morgan fingerprint density at radius 1 is 1.45 bits per heavy atom. The molecule has 1 aromatic rings. The van der Waals surface area contributed by atoms with E-state index in [0.717, 1.165) is 37.2 Å². The van der Waals surface area contributed by atoms with Crippen LogP contribution in [0.3, 0.4) is 0 Å². The summed E-state index contributed by atoms with van der Waals surface area (Å²) in [6.07, 6.45) is 5.52. The van der Waals surface area contributed by atoms with E-state index in [0.29, 0.717) is 12.5 Å². The number of amides is 1. The van der Waals surface area contributed by atoms with Crippen LogP contribution in [0.25, 0.3) is 0 Å². The number of nitrogens with zero attached hydrogens (tertiary/aromatic N) is 2. The highest BCUT2D eigenvalue weighted by molar-refractivity contribution is 5.77. The maximum Gasteiger partial charge on any atom is 0.248 e. The van der Waals surface area contributed by atoms with Gasteiger partial charge in [-0.05, 0) is 31.7 Å². The van der Waals surface area contributed by atoms with Crippen molar-refractivity contribution in [3.63, 3.8) is 0 Å². The van der Waals surface area contributed by atoms with Crippen molar-refractivity contribution in [2.75, 3.05) is 33.4 Å².